The number of hydrogen-bond acceptors (Lipinski definition) is 3. The second-order valence-electron chi connectivity index (χ2n) is 11.0. The van der Waals surface area contributed by atoms with Gasteiger partial charge < -0.3 is 16.0 Å². The van der Waals surface area contributed by atoms with E-state index < -0.39 is 0 Å². The van der Waals surface area contributed by atoms with Gasteiger partial charge in [0.05, 0.1) is 0 Å². The van der Waals surface area contributed by atoms with E-state index in [-0.39, 0.29) is 23.1 Å². The highest BCUT2D eigenvalue weighted by Gasteiger charge is 2.54. The van der Waals surface area contributed by atoms with E-state index in [1.165, 1.54) is 19.3 Å². The number of anilines is 2. The van der Waals surface area contributed by atoms with Crippen LogP contribution in [0.1, 0.15) is 73.4 Å². The van der Waals surface area contributed by atoms with Crippen molar-refractivity contribution in [1.82, 2.24) is 5.32 Å². The van der Waals surface area contributed by atoms with E-state index in [1.54, 1.807) is 25.1 Å². The van der Waals surface area contributed by atoms with Crippen LogP contribution in [0, 0.1) is 30.1 Å². The molecule has 184 valence electrons. The molecule has 6 heteroatoms. The van der Waals surface area contributed by atoms with Crippen LogP contribution in [0.3, 0.4) is 0 Å². The van der Waals surface area contributed by atoms with Crippen LogP contribution in [-0.4, -0.2) is 17.7 Å². The fraction of sp³-hybridized carbons (Fsp3) is 0.483. The summed E-state index contributed by atoms with van der Waals surface area (Å²) in [7, 11) is 0. The molecule has 0 aliphatic heterocycles. The van der Waals surface area contributed by atoms with Crippen molar-refractivity contribution < 1.29 is 14.4 Å². The topological polar surface area (TPSA) is 87.3 Å². The molecule has 3 N–H and O–H groups in total. The van der Waals surface area contributed by atoms with Crippen LogP contribution in [0.2, 0.25) is 0 Å². The quantitative estimate of drug-likeness (QED) is 0.501. The lowest BCUT2D eigenvalue weighted by Crippen LogP contribution is -2.53. The summed E-state index contributed by atoms with van der Waals surface area (Å²) in [6.45, 7) is 4.20. The number of aryl methyl sites for hydroxylation is 1. The van der Waals surface area contributed by atoms with Crippen molar-refractivity contribution in [2.75, 3.05) is 10.6 Å². The first-order valence-electron chi connectivity index (χ1n) is 12.9. The van der Waals surface area contributed by atoms with Crippen molar-refractivity contribution in [3.63, 3.8) is 0 Å². The summed E-state index contributed by atoms with van der Waals surface area (Å²) in [5, 5.41) is 8.97. The summed E-state index contributed by atoms with van der Waals surface area (Å²) in [5.74, 6) is 2.18. The minimum atomic E-state index is -0.212. The van der Waals surface area contributed by atoms with E-state index in [2.05, 4.69) is 16.0 Å². The van der Waals surface area contributed by atoms with Crippen LogP contribution < -0.4 is 16.0 Å². The van der Waals surface area contributed by atoms with Gasteiger partial charge in [-0.05, 0) is 98.6 Å². The average molecular weight is 474 g/mol. The molecule has 35 heavy (non-hydrogen) atoms. The first-order chi connectivity index (χ1) is 16.8. The van der Waals surface area contributed by atoms with Gasteiger partial charge in [0.15, 0.2) is 0 Å². The zero-order valence-corrected chi connectivity index (χ0v) is 20.7. The molecule has 0 saturated heterocycles. The fourth-order valence-corrected chi connectivity index (χ4v) is 6.81. The maximum Gasteiger partial charge on any atom is 0.255 e. The summed E-state index contributed by atoms with van der Waals surface area (Å²) < 4.78 is 0. The molecule has 4 bridgehead atoms. The molecule has 0 heterocycles. The lowest BCUT2D eigenvalue weighted by molar-refractivity contribution is -0.146. The van der Waals surface area contributed by atoms with E-state index in [0.717, 1.165) is 48.1 Å². The lowest BCUT2D eigenvalue weighted by atomic mass is 9.49. The molecule has 4 aliphatic rings. The molecule has 2 aromatic rings. The number of nitrogens with one attached hydrogen (secondary N) is 3. The zero-order chi connectivity index (χ0) is 24.6. The van der Waals surface area contributed by atoms with E-state index >= 15 is 0 Å². The molecule has 2 aromatic carbocycles. The van der Waals surface area contributed by atoms with Crippen molar-refractivity contribution in [2.24, 2.45) is 23.2 Å². The van der Waals surface area contributed by atoms with E-state index in [0.29, 0.717) is 29.9 Å². The van der Waals surface area contributed by atoms with Gasteiger partial charge in [-0.15, -0.1) is 0 Å². The van der Waals surface area contributed by atoms with Crippen molar-refractivity contribution in [2.45, 2.75) is 65.3 Å². The predicted molar refractivity (Wildman–Crippen MR) is 137 cm³/mol. The van der Waals surface area contributed by atoms with Crippen LogP contribution in [0.25, 0.3) is 0 Å². The number of hydrogen-bond donors (Lipinski definition) is 3. The van der Waals surface area contributed by atoms with Gasteiger partial charge in [0.2, 0.25) is 11.8 Å². The molecule has 6 nitrogen and oxygen atoms in total. The van der Waals surface area contributed by atoms with Gasteiger partial charge in [0.1, 0.15) is 0 Å². The molecular weight excluding hydrogens is 438 g/mol. The number of benzene rings is 2. The van der Waals surface area contributed by atoms with Crippen LogP contribution >= 0.6 is 0 Å². The maximum absolute atomic E-state index is 13.2. The lowest BCUT2D eigenvalue weighted by Gasteiger charge is -2.55. The van der Waals surface area contributed by atoms with Crippen LogP contribution in [0.4, 0.5) is 11.4 Å². The van der Waals surface area contributed by atoms with Crippen LogP contribution in [0.15, 0.2) is 42.5 Å². The standard InChI is InChI=1S/C29H35N3O3/c1-3-26(33)31-24-9-4-18(2)25(13-24)32-27(34)23-7-5-19(6-8-23)17-30-28(35)29-14-20-10-21(15-29)12-22(11-20)16-29/h4-9,13,20-22H,3,10-12,14-17H2,1-2H3,(H,30,35)(H,31,33)(H,32,34). The molecule has 0 unspecified atom stereocenters. The van der Waals surface area contributed by atoms with Gasteiger partial charge in [0, 0.05) is 35.3 Å². The van der Waals surface area contributed by atoms with Gasteiger partial charge in [-0.2, -0.15) is 0 Å². The van der Waals surface area contributed by atoms with Crippen molar-refractivity contribution in [3.8, 4) is 0 Å². The third-order valence-corrected chi connectivity index (χ3v) is 8.28. The largest absolute Gasteiger partial charge is 0.352 e. The first kappa shape index (κ1) is 23.6. The Morgan fingerprint density at radius 1 is 0.886 bits per heavy atom. The fourth-order valence-electron chi connectivity index (χ4n) is 6.81. The summed E-state index contributed by atoms with van der Waals surface area (Å²) in [6.07, 6.45) is 7.56. The Balaban J connectivity index is 1.18. The second-order valence-corrected chi connectivity index (χ2v) is 11.0. The van der Waals surface area contributed by atoms with E-state index in [9.17, 15) is 14.4 Å². The summed E-state index contributed by atoms with van der Waals surface area (Å²) in [4.78, 5) is 37.7. The smallest absolute Gasteiger partial charge is 0.255 e. The minimum Gasteiger partial charge on any atom is -0.352 e. The van der Waals surface area contributed by atoms with Crippen LogP contribution in [-0.2, 0) is 16.1 Å². The molecule has 4 fully saturated rings. The van der Waals surface area contributed by atoms with Gasteiger partial charge in [0.25, 0.3) is 5.91 Å². The minimum absolute atomic E-state index is 0.0722. The second kappa shape index (κ2) is 9.48. The van der Waals surface area contributed by atoms with Crippen molar-refractivity contribution >= 4 is 29.1 Å². The number of amides is 3. The number of rotatable bonds is 7. The van der Waals surface area contributed by atoms with E-state index in [4.69, 9.17) is 0 Å². The normalized spacial score (nSPS) is 26.3. The molecule has 0 spiro atoms. The Hall–Kier alpha value is -3.15. The van der Waals surface area contributed by atoms with Crippen molar-refractivity contribution in [1.29, 1.82) is 0 Å². The molecule has 4 saturated carbocycles. The Kier molecular flexibility index (Phi) is 6.39. The Morgan fingerprint density at radius 3 is 2.11 bits per heavy atom. The van der Waals surface area contributed by atoms with Gasteiger partial charge in [-0.1, -0.05) is 25.1 Å². The molecule has 6 rings (SSSR count). The molecule has 3 amide bonds. The van der Waals surface area contributed by atoms with Gasteiger partial charge in [-0.3, -0.25) is 14.4 Å². The Bertz CT molecular complexity index is 1100. The molecular formula is C29H35N3O3. The molecule has 0 atom stereocenters. The number of carbonyl (C=O) groups excluding carboxylic acids is 3. The molecule has 4 aliphatic carbocycles. The maximum atomic E-state index is 13.2. The Morgan fingerprint density at radius 2 is 1.51 bits per heavy atom. The molecule has 0 aromatic heterocycles. The average Bonchev–Trinajstić information content (AvgIpc) is 2.84. The highest BCUT2D eigenvalue weighted by atomic mass is 16.2. The number of carbonyl (C=O) groups is 3. The zero-order valence-electron chi connectivity index (χ0n) is 20.7. The van der Waals surface area contributed by atoms with Crippen molar-refractivity contribution in [3.05, 3.63) is 59.2 Å². The van der Waals surface area contributed by atoms with Gasteiger partial charge >= 0.3 is 0 Å². The highest BCUT2D eigenvalue weighted by Crippen LogP contribution is 2.60. The summed E-state index contributed by atoms with van der Waals surface area (Å²) in [5.41, 5.74) is 3.62. The predicted octanol–water partition coefficient (Wildman–Crippen LogP) is 5.43. The summed E-state index contributed by atoms with van der Waals surface area (Å²) >= 11 is 0. The first-order valence-corrected chi connectivity index (χ1v) is 12.9. The van der Waals surface area contributed by atoms with E-state index in [1.807, 2.05) is 31.2 Å². The molecule has 0 radical (unpaired) electrons. The Labute approximate surface area is 207 Å². The summed E-state index contributed by atoms with van der Waals surface area (Å²) in [6, 6.07) is 12.9. The van der Waals surface area contributed by atoms with Gasteiger partial charge in [-0.25, -0.2) is 0 Å². The monoisotopic (exact) mass is 473 g/mol. The third-order valence-electron chi connectivity index (χ3n) is 8.28. The highest BCUT2D eigenvalue weighted by molar-refractivity contribution is 6.05. The third kappa shape index (κ3) is 4.97. The van der Waals surface area contributed by atoms with Crippen LogP contribution in [0.5, 0.6) is 0 Å². The SMILES string of the molecule is CCC(=O)Nc1ccc(C)c(NC(=O)c2ccc(CNC(=O)C34CC5CC(CC(C5)C3)C4)cc2)c1.